The summed E-state index contributed by atoms with van der Waals surface area (Å²) < 4.78 is 16.1. The molecular formula is C24H23FN2. The van der Waals surface area contributed by atoms with Gasteiger partial charge in [-0.2, -0.15) is 5.10 Å². The molecular weight excluding hydrogens is 335 g/mol. The first-order chi connectivity index (χ1) is 13.0. The zero-order chi connectivity index (χ0) is 19.1. The summed E-state index contributed by atoms with van der Waals surface area (Å²) in [6, 6.07) is 14.4. The van der Waals surface area contributed by atoms with Crippen molar-refractivity contribution in [3.63, 3.8) is 0 Å². The van der Waals surface area contributed by atoms with Crippen LogP contribution in [0.25, 0.3) is 34.7 Å². The Kier molecular flexibility index (Phi) is 4.31. The molecule has 0 aliphatic heterocycles. The van der Waals surface area contributed by atoms with Gasteiger partial charge >= 0.3 is 0 Å². The Morgan fingerprint density at radius 3 is 2.63 bits per heavy atom. The van der Waals surface area contributed by atoms with Crippen molar-refractivity contribution in [1.82, 2.24) is 9.78 Å². The molecule has 1 aliphatic rings. The number of halogens is 1. The molecule has 0 spiro atoms. The Morgan fingerprint density at radius 1 is 1.15 bits per heavy atom. The van der Waals surface area contributed by atoms with Crippen molar-refractivity contribution in [3.05, 3.63) is 76.3 Å². The SMILES string of the molecule is C=C(C)c1ccc(-n2nc(-c3ccccc3C)c3c2=CCC(F)C=3)c(C)c1. The number of alkyl halides is 1. The molecule has 0 saturated carbocycles. The number of hydrogen-bond donors (Lipinski definition) is 0. The van der Waals surface area contributed by atoms with Gasteiger partial charge in [0.05, 0.1) is 11.0 Å². The Hall–Kier alpha value is -2.94. The monoisotopic (exact) mass is 358 g/mol. The van der Waals surface area contributed by atoms with Crippen LogP contribution < -0.4 is 10.6 Å². The van der Waals surface area contributed by atoms with Gasteiger partial charge in [0.1, 0.15) is 11.9 Å². The summed E-state index contributed by atoms with van der Waals surface area (Å²) in [5, 5.41) is 6.78. The first-order valence-corrected chi connectivity index (χ1v) is 9.24. The summed E-state index contributed by atoms with van der Waals surface area (Å²) >= 11 is 0. The molecule has 0 bridgehead atoms. The average Bonchev–Trinajstić information content (AvgIpc) is 3.00. The van der Waals surface area contributed by atoms with Crippen molar-refractivity contribution >= 4 is 17.7 Å². The van der Waals surface area contributed by atoms with E-state index in [1.165, 1.54) is 0 Å². The largest absolute Gasteiger partial charge is 0.243 e. The van der Waals surface area contributed by atoms with E-state index in [0.29, 0.717) is 6.42 Å². The third-order valence-corrected chi connectivity index (χ3v) is 5.16. The summed E-state index contributed by atoms with van der Waals surface area (Å²) in [6.07, 6.45) is 3.08. The number of allylic oxidation sites excluding steroid dienone is 1. The maximum atomic E-state index is 14.2. The van der Waals surface area contributed by atoms with Gasteiger partial charge in [0.25, 0.3) is 0 Å². The van der Waals surface area contributed by atoms with Crippen LogP contribution in [0.5, 0.6) is 0 Å². The third kappa shape index (κ3) is 3.03. The Labute approximate surface area is 159 Å². The van der Waals surface area contributed by atoms with Gasteiger partial charge in [0.15, 0.2) is 0 Å². The number of nitrogens with zero attached hydrogens (tertiary/aromatic N) is 2. The van der Waals surface area contributed by atoms with Gasteiger partial charge in [0.2, 0.25) is 0 Å². The molecule has 3 aromatic rings. The molecule has 1 atom stereocenters. The molecule has 3 heteroatoms. The summed E-state index contributed by atoms with van der Waals surface area (Å²) in [5.41, 5.74) is 7.30. The summed E-state index contributed by atoms with van der Waals surface area (Å²) in [4.78, 5) is 0. The van der Waals surface area contributed by atoms with Crippen LogP contribution in [0.15, 0.2) is 49.0 Å². The highest BCUT2D eigenvalue weighted by Gasteiger charge is 2.18. The van der Waals surface area contributed by atoms with E-state index in [4.69, 9.17) is 5.10 Å². The van der Waals surface area contributed by atoms with Crippen LogP contribution >= 0.6 is 0 Å². The van der Waals surface area contributed by atoms with Gasteiger partial charge < -0.3 is 0 Å². The van der Waals surface area contributed by atoms with Crippen LogP contribution in [0.4, 0.5) is 4.39 Å². The maximum absolute atomic E-state index is 14.2. The number of rotatable bonds is 3. The molecule has 0 fully saturated rings. The smallest absolute Gasteiger partial charge is 0.123 e. The van der Waals surface area contributed by atoms with Crippen LogP contribution in [-0.2, 0) is 0 Å². The van der Waals surface area contributed by atoms with Gasteiger partial charge in [-0.05, 0) is 55.7 Å². The lowest BCUT2D eigenvalue weighted by molar-refractivity contribution is 0.427. The lowest BCUT2D eigenvalue weighted by Crippen LogP contribution is -2.33. The minimum atomic E-state index is -0.968. The number of aromatic nitrogens is 2. The maximum Gasteiger partial charge on any atom is 0.123 e. The number of aryl methyl sites for hydroxylation is 2. The third-order valence-electron chi connectivity index (χ3n) is 5.16. The molecule has 0 amide bonds. The lowest BCUT2D eigenvalue weighted by atomic mass is 10.0. The molecule has 0 saturated heterocycles. The predicted molar refractivity (Wildman–Crippen MR) is 111 cm³/mol. The van der Waals surface area contributed by atoms with Gasteiger partial charge in [-0.3, -0.25) is 0 Å². The average molecular weight is 358 g/mol. The van der Waals surface area contributed by atoms with Crippen molar-refractivity contribution < 1.29 is 4.39 Å². The fourth-order valence-corrected chi connectivity index (χ4v) is 3.66. The minimum absolute atomic E-state index is 0.384. The molecule has 2 nitrogen and oxygen atoms in total. The van der Waals surface area contributed by atoms with E-state index in [1.807, 2.05) is 29.8 Å². The number of hydrogen-bond acceptors (Lipinski definition) is 1. The fraction of sp³-hybridized carbons (Fsp3) is 0.208. The minimum Gasteiger partial charge on any atom is -0.243 e. The van der Waals surface area contributed by atoms with Crippen molar-refractivity contribution in [2.24, 2.45) is 0 Å². The summed E-state index contributed by atoms with van der Waals surface area (Å²) in [6.45, 7) is 10.2. The predicted octanol–water partition coefficient (Wildman–Crippen LogP) is 4.49. The van der Waals surface area contributed by atoms with Crippen molar-refractivity contribution in [1.29, 1.82) is 0 Å². The highest BCUT2D eigenvalue weighted by molar-refractivity contribution is 5.68. The van der Waals surface area contributed by atoms with E-state index in [1.54, 1.807) is 6.08 Å². The van der Waals surface area contributed by atoms with Gasteiger partial charge in [-0.1, -0.05) is 48.6 Å². The Bertz CT molecular complexity index is 1170. The zero-order valence-corrected chi connectivity index (χ0v) is 16.0. The van der Waals surface area contributed by atoms with Gasteiger partial charge in [-0.15, -0.1) is 0 Å². The van der Waals surface area contributed by atoms with E-state index < -0.39 is 6.17 Å². The molecule has 1 unspecified atom stereocenters. The molecule has 2 aromatic carbocycles. The number of benzene rings is 2. The zero-order valence-electron chi connectivity index (χ0n) is 16.0. The highest BCUT2D eigenvalue weighted by atomic mass is 19.1. The normalized spacial score (nSPS) is 15.6. The first-order valence-electron chi connectivity index (χ1n) is 9.24. The van der Waals surface area contributed by atoms with Crippen LogP contribution in [0.3, 0.4) is 0 Å². The molecule has 1 heterocycles. The van der Waals surface area contributed by atoms with Gasteiger partial charge in [-0.25, -0.2) is 9.07 Å². The van der Waals surface area contributed by atoms with E-state index in [2.05, 4.69) is 50.8 Å². The quantitative estimate of drug-likeness (QED) is 0.674. The topological polar surface area (TPSA) is 17.8 Å². The molecule has 136 valence electrons. The van der Waals surface area contributed by atoms with Crippen molar-refractivity contribution in [3.8, 4) is 16.9 Å². The molecule has 0 radical (unpaired) electrons. The second-order valence-corrected chi connectivity index (χ2v) is 7.28. The lowest BCUT2D eigenvalue weighted by Gasteiger charge is -2.10. The van der Waals surface area contributed by atoms with E-state index >= 15 is 0 Å². The van der Waals surface area contributed by atoms with Crippen LogP contribution in [-0.4, -0.2) is 16.0 Å². The summed E-state index contributed by atoms with van der Waals surface area (Å²) in [5.74, 6) is 0. The standard InChI is InChI=1S/C24H23FN2/c1-15(2)18-9-11-22(17(4)13-18)27-23-12-10-19(25)14-21(23)24(26-27)20-8-6-5-7-16(20)3/h5-9,11-14,19H,1,10H2,2-4H3. The molecule has 1 aliphatic carbocycles. The van der Waals surface area contributed by atoms with Crippen molar-refractivity contribution in [2.75, 3.05) is 0 Å². The summed E-state index contributed by atoms with van der Waals surface area (Å²) in [7, 11) is 0. The second-order valence-electron chi connectivity index (χ2n) is 7.28. The van der Waals surface area contributed by atoms with Crippen molar-refractivity contribution in [2.45, 2.75) is 33.4 Å². The second kappa shape index (κ2) is 6.66. The molecule has 1 aromatic heterocycles. The molecule has 0 N–H and O–H groups in total. The molecule has 4 rings (SSSR count). The Balaban J connectivity index is 2.00. The van der Waals surface area contributed by atoms with Gasteiger partial charge in [0, 0.05) is 17.2 Å². The van der Waals surface area contributed by atoms with E-state index in [9.17, 15) is 4.39 Å². The highest BCUT2D eigenvalue weighted by Crippen LogP contribution is 2.22. The first kappa shape index (κ1) is 17.5. The number of fused-ring (bicyclic) bond motifs is 1. The van der Waals surface area contributed by atoms with Crippen LogP contribution in [0.1, 0.15) is 30.0 Å². The fourth-order valence-electron chi connectivity index (χ4n) is 3.66. The van der Waals surface area contributed by atoms with E-state index in [-0.39, 0.29) is 0 Å². The molecule has 27 heavy (non-hydrogen) atoms. The Morgan fingerprint density at radius 2 is 1.93 bits per heavy atom. The van der Waals surface area contributed by atoms with Crippen LogP contribution in [0, 0.1) is 13.8 Å². The van der Waals surface area contributed by atoms with E-state index in [0.717, 1.165) is 49.8 Å². The van der Waals surface area contributed by atoms with Crippen LogP contribution in [0.2, 0.25) is 0 Å².